The Hall–Kier alpha value is -1.67. The minimum Gasteiger partial charge on any atom is -0.292 e. The molecule has 0 aromatic heterocycles. The second kappa shape index (κ2) is 7.05. The van der Waals surface area contributed by atoms with Crippen LogP contribution < -0.4 is 0 Å². The van der Waals surface area contributed by atoms with Crippen molar-refractivity contribution in [3.63, 3.8) is 0 Å². The molecule has 0 heterocycles. The van der Waals surface area contributed by atoms with Gasteiger partial charge >= 0.3 is 0 Å². The fourth-order valence-electron chi connectivity index (χ4n) is 2.22. The van der Waals surface area contributed by atoms with Crippen LogP contribution in [0.5, 0.6) is 0 Å². The Morgan fingerprint density at radius 3 is 1.63 bits per heavy atom. The summed E-state index contributed by atoms with van der Waals surface area (Å²) in [6.45, 7) is 3.64. The van der Waals surface area contributed by atoms with Gasteiger partial charge < -0.3 is 0 Å². The molecule has 2 rings (SSSR count). The van der Waals surface area contributed by atoms with Crippen LogP contribution in [0.2, 0.25) is 0 Å². The van der Waals surface area contributed by atoms with Gasteiger partial charge in [-0.3, -0.25) is 4.90 Å². The maximum absolute atomic E-state index is 13.3. The van der Waals surface area contributed by atoms with Crippen molar-refractivity contribution in [2.24, 2.45) is 0 Å². The molecule has 1 nitrogen and oxygen atoms in total. The quantitative estimate of drug-likeness (QED) is 0.754. The Morgan fingerprint density at radius 2 is 1.26 bits per heavy atom. The summed E-state index contributed by atoms with van der Waals surface area (Å²) in [5, 5.41) is 0. The first kappa shape index (κ1) is 13.8. The highest BCUT2D eigenvalue weighted by atomic mass is 19.1. The molecule has 2 aromatic rings. The predicted octanol–water partition coefficient (Wildman–Crippen LogP) is 4.05. The summed E-state index contributed by atoms with van der Waals surface area (Å²) in [6.07, 6.45) is -0.813. The molecule has 0 aliphatic carbocycles. The normalized spacial score (nSPS) is 12.6. The minimum atomic E-state index is -0.813. The standard InChI is InChI=1S/C17H20FN/c1-15(18)12-19(13-16-8-4-2-5-9-16)14-17-10-6-3-7-11-17/h2-11,15H,12-14H2,1H3/t15-/m1/s1. The Labute approximate surface area is 114 Å². The number of benzene rings is 2. The van der Waals surface area contributed by atoms with Gasteiger partial charge in [-0.2, -0.15) is 0 Å². The maximum Gasteiger partial charge on any atom is 0.110 e. The summed E-state index contributed by atoms with van der Waals surface area (Å²) in [7, 11) is 0. The number of alkyl halides is 1. The van der Waals surface area contributed by atoms with E-state index in [1.807, 2.05) is 36.4 Å². The summed E-state index contributed by atoms with van der Waals surface area (Å²) >= 11 is 0. The summed E-state index contributed by atoms with van der Waals surface area (Å²) in [4.78, 5) is 2.15. The molecule has 0 saturated heterocycles. The third-order valence-electron chi connectivity index (χ3n) is 3.01. The van der Waals surface area contributed by atoms with Gasteiger partial charge in [0.1, 0.15) is 6.17 Å². The van der Waals surface area contributed by atoms with Crippen molar-refractivity contribution in [3.05, 3.63) is 71.8 Å². The Morgan fingerprint density at radius 1 is 0.842 bits per heavy atom. The zero-order chi connectivity index (χ0) is 13.5. The van der Waals surface area contributed by atoms with Crippen molar-refractivity contribution in [2.75, 3.05) is 6.54 Å². The molecule has 19 heavy (non-hydrogen) atoms. The van der Waals surface area contributed by atoms with E-state index in [-0.39, 0.29) is 0 Å². The van der Waals surface area contributed by atoms with E-state index in [0.717, 1.165) is 13.1 Å². The van der Waals surface area contributed by atoms with Crippen LogP contribution in [-0.2, 0) is 13.1 Å². The number of rotatable bonds is 6. The van der Waals surface area contributed by atoms with Crippen molar-refractivity contribution in [3.8, 4) is 0 Å². The molecule has 1 atom stereocenters. The van der Waals surface area contributed by atoms with E-state index in [4.69, 9.17) is 0 Å². The van der Waals surface area contributed by atoms with E-state index in [2.05, 4.69) is 29.2 Å². The van der Waals surface area contributed by atoms with Crippen LogP contribution in [-0.4, -0.2) is 17.6 Å². The van der Waals surface area contributed by atoms with Gasteiger partial charge in [0.05, 0.1) is 0 Å². The summed E-state index contributed by atoms with van der Waals surface area (Å²) in [5.41, 5.74) is 2.44. The first-order valence-corrected chi connectivity index (χ1v) is 6.68. The molecule has 0 unspecified atom stereocenters. The molecule has 0 radical (unpaired) electrons. The van der Waals surface area contributed by atoms with Crippen LogP contribution >= 0.6 is 0 Å². The second-order valence-electron chi connectivity index (χ2n) is 4.92. The highest BCUT2D eigenvalue weighted by molar-refractivity contribution is 5.17. The van der Waals surface area contributed by atoms with Crippen molar-refractivity contribution >= 4 is 0 Å². The molecule has 0 bridgehead atoms. The van der Waals surface area contributed by atoms with Crippen molar-refractivity contribution in [1.82, 2.24) is 4.90 Å². The highest BCUT2D eigenvalue weighted by Crippen LogP contribution is 2.11. The number of nitrogens with zero attached hydrogens (tertiary/aromatic N) is 1. The molecule has 0 fully saturated rings. The Bertz CT molecular complexity index is 426. The van der Waals surface area contributed by atoms with Gasteiger partial charge in [0.2, 0.25) is 0 Å². The van der Waals surface area contributed by atoms with Gasteiger partial charge in [-0.25, -0.2) is 4.39 Å². The van der Waals surface area contributed by atoms with Crippen LogP contribution in [0, 0.1) is 0 Å². The van der Waals surface area contributed by atoms with Gasteiger partial charge in [-0.05, 0) is 18.1 Å². The molecular weight excluding hydrogens is 237 g/mol. The molecule has 100 valence electrons. The molecule has 0 spiro atoms. The number of hydrogen-bond donors (Lipinski definition) is 0. The van der Waals surface area contributed by atoms with Gasteiger partial charge in [0.15, 0.2) is 0 Å². The molecule has 0 amide bonds. The van der Waals surface area contributed by atoms with Crippen molar-refractivity contribution in [1.29, 1.82) is 0 Å². The smallest absolute Gasteiger partial charge is 0.110 e. The molecule has 0 N–H and O–H groups in total. The third-order valence-corrected chi connectivity index (χ3v) is 3.01. The second-order valence-corrected chi connectivity index (χ2v) is 4.92. The van der Waals surface area contributed by atoms with E-state index < -0.39 is 6.17 Å². The largest absolute Gasteiger partial charge is 0.292 e. The summed E-state index contributed by atoms with van der Waals surface area (Å²) < 4.78 is 13.3. The zero-order valence-corrected chi connectivity index (χ0v) is 11.3. The highest BCUT2D eigenvalue weighted by Gasteiger charge is 2.10. The van der Waals surface area contributed by atoms with Crippen LogP contribution in [0.4, 0.5) is 4.39 Å². The van der Waals surface area contributed by atoms with E-state index in [1.165, 1.54) is 11.1 Å². The molecule has 0 aliphatic heterocycles. The average Bonchev–Trinajstić information content (AvgIpc) is 2.40. The molecule has 2 aromatic carbocycles. The topological polar surface area (TPSA) is 3.24 Å². The van der Waals surface area contributed by atoms with E-state index in [9.17, 15) is 4.39 Å². The summed E-state index contributed by atoms with van der Waals surface area (Å²) in [5.74, 6) is 0. The van der Waals surface area contributed by atoms with Crippen molar-refractivity contribution in [2.45, 2.75) is 26.2 Å². The van der Waals surface area contributed by atoms with Gasteiger partial charge in [0, 0.05) is 19.6 Å². The van der Waals surface area contributed by atoms with E-state index >= 15 is 0 Å². The average molecular weight is 257 g/mol. The van der Waals surface area contributed by atoms with Crippen LogP contribution in [0.3, 0.4) is 0 Å². The lowest BCUT2D eigenvalue weighted by molar-refractivity contribution is 0.188. The first-order valence-electron chi connectivity index (χ1n) is 6.68. The van der Waals surface area contributed by atoms with Crippen molar-refractivity contribution < 1.29 is 4.39 Å². The third kappa shape index (κ3) is 4.84. The lowest BCUT2D eigenvalue weighted by atomic mass is 10.1. The lowest BCUT2D eigenvalue weighted by Crippen LogP contribution is -2.28. The lowest BCUT2D eigenvalue weighted by Gasteiger charge is -2.23. The SMILES string of the molecule is C[C@@H](F)CN(Cc1ccccc1)Cc1ccccc1. The van der Waals surface area contributed by atoms with E-state index in [1.54, 1.807) is 6.92 Å². The first-order chi connectivity index (χ1) is 9.24. The van der Waals surface area contributed by atoms with Gasteiger partial charge in [0.25, 0.3) is 0 Å². The van der Waals surface area contributed by atoms with Gasteiger partial charge in [-0.15, -0.1) is 0 Å². The summed E-state index contributed by atoms with van der Waals surface area (Å²) in [6, 6.07) is 20.4. The monoisotopic (exact) mass is 257 g/mol. The Balaban J connectivity index is 2.03. The fraction of sp³-hybridized carbons (Fsp3) is 0.294. The fourth-order valence-corrected chi connectivity index (χ4v) is 2.22. The van der Waals surface area contributed by atoms with Gasteiger partial charge in [-0.1, -0.05) is 60.7 Å². The van der Waals surface area contributed by atoms with Crippen LogP contribution in [0.1, 0.15) is 18.1 Å². The number of halogens is 1. The van der Waals surface area contributed by atoms with Crippen LogP contribution in [0.25, 0.3) is 0 Å². The van der Waals surface area contributed by atoms with Crippen LogP contribution in [0.15, 0.2) is 60.7 Å². The minimum absolute atomic E-state index is 0.462. The molecule has 0 aliphatic rings. The predicted molar refractivity (Wildman–Crippen MR) is 77.6 cm³/mol. The number of hydrogen-bond acceptors (Lipinski definition) is 1. The molecule has 0 saturated carbocycles. The van der Waals surface area contributed by atoms with E-state index in [0.29, 0.717) is 6.54 Å². The molecular formula is C17H20FN. The Kier molecular flexibility index (Phi) is 5.10. The maximum atomic E-state index is 13.3. The zero-order valence-electron chi connectivity index (χ0n) is 11.3. The molecule has 2 heteroatoms.